The third kappa shape index (κ3) is 8.07. The standard InChI is InChI=1S/C44H44ClN3O6/c1-27-33(8-6-10-35(27)36-11-7-9-34(28(36)2)31-12-13-37-39(48(4)5)25-54-41(37)18-31)24-53-42-19-40(52-23-30-16-29(20-46)21-47-22-30)32(17-38(42)45)14-15-44(3,26-49)43(50)51/h6-13,16-19,21-22,39,49H,14-15,23-26H2,1-5H3,(H,50,51)/t39?,44-/m0/s1. The number of carboxylic acid groups (broad SMARTS) is 1. The highest BCUT2D eigenvalue weighted by molar-refractivity contribution is 6.32. The molecule has 9 nitrogen and oxygen atoms in total. The maximum Gasteiger partial charge on any atom is 0.311 e. The van der Waals surface area contributed by atoms with Crippen LogP contribution in [0.1, 0.15) is 58.3 Å². The van der Waals surface area contributed by atoms with Gasteiger partial charge in [-0.25, -0.2) is 0 Å². The van der Waals surface area contributed by atoms with Gasteiger partial charge in [0.2, 0.25) is 0 Å². The number of fused-ring (bicyclic) bond motifs is 1. The Balaban J connectivity index is 1.25. The van der Waals surface area contributed by atoms with Crippen LogP contribution in [-0.2, 0) is 24.4 Å². The van der Waals surface area contributed by atoms with Crippen LogP contribution in [0, 0.1) is 30.6 Å². The summed E-state index contributed by atoms with van der Waals surface area (Å²) in [5.74, 6) is 0.699. The number of likely N-dealkylation sites (N-methyl/N-ethyl adjacent to an activating group) is 1. The van der Waals surface area contributed by atoms with Crippen LogP contribution in [-0.4, -0.2) is 53.4 Å². The molecule has 2 atom stereocenters. The van der Waals surface area contributed by atoms with Gasteiger partial charge in [-0.15, -0.1) is 0 Å². The van der Waals surface area contributed by atoms with Crippen LogP contribution in [0.5, 0.6) is 17.2 Å². The Morgan fingerprint density at radius 3 is 2.41 bits per heavy atom. The number of hydrogen-bond donors (Lipinski definition) is 2. The van der Waals surface area contributed by atoms with Gasteiger partial charge in [0, 0.05) is 29.6 Å². The third-order valence-electron chi connectivity index (χ3n) is 10.4. The molecule has 2 N–H and O–H groups in total. The van der Waals surface area contributed by atoms with Gasteiger partial charge in [-0.2, -0.15) is 5.26 Å². The van der Waals surface area contributed by atoms with Crippen LogP contribution >= 0.6 is 11.6 Å². The number of aryl methyl sites for hydroxylation is 1. The van der Waals surface area contributed by atoms with Gasteiger partial charge >= 0.3 is 5.97 Å². The molecule has 1 aromatic heterocycles. The van der Waals surface area contributed by atoms with Crippen molar-refractivity contribution in [2.24, 2.45) is 5.41 Å². The van der Waals surface area contributed by atoms with Crippen LogP contribution in [0.2, 0.25) is 5.02 Å². The minimum atomic E-state index is -1.34. The molecule has 10 heteroatoms. The van der Waals surface area contributed by atoms with Gasteiger partial charge in [0.25, 0.3) is 0 Å². The molecule has 0 spiro atoms. The number of rotatable bonds is 14. The van der Waals surface area contributed by atoms with Crippen LogP contribution in [0.15, 0.2) is 85.2 Å². The summed E-state index contributed by atoms with van der Waals surface area (Å²) in [5, 5.41) is 29.2. The second-order valence-electron chi connectivity index (χ2n) is 14.3. The zero-order valence-corrected chi connectivity index (χ0v) is 31.9. The minimum absolute atomic E-state index is 0.113. The molecule has 0 amide bonds. The largest absolute Gasteiger partial charge is 0.491 e. The number of aliphatic carboxylic acids is 1. The lowest BCUT2D eigenvalue weighted by Gasteiger charge is -2.23. The molecule has 5 aromatic rings. The van der Waals surface area contributed by atoms with Crippen molar-refractivity contribution < 1.29 is 29.2 Å². The molecule has 54 heavy (non-hydrogen) atoms. The van der Waals surface area contributed by atoms with Crippen LogP contribution in [0.3, 0.4) is 0 Å². The number of aliphatic hydroxyl groups is 1. The molecule has 2 heterocycles. The van der Waals surface area contributed by atoms with Gasteiger partial charge in [0.05, 0.1) is 28.6 Å². The van der Waals surface area contributed by atoms with Crippen LogP contribution < -0.4 is 14.2 Å². The number of carbonyl (C=O) groups is 1. The van der Waals surface area contributed by atoms with Gasteiger partial charge in [-0.1, -0.05) is 60.1 Å². The molecule has 1 unspecified atom stereocenters. The van der Waals surface area contributed by atoms with Crippen molar-refractivity contribution in [3.63, 3.8) is 0 Å². The monoisotopic (exact) mass is 745 g/mol. The number of pyridine rings is 1. The molecule has 0 fully saturated rings. The highest BCUT2D eigenvalue weighted by atomic mass is 35.5. The second-order valence-corrected chi connectivity index (χ2v) is 14.7. The van der Waals surface area contributed by atoms with Crippen LogP contribution in [0.25, 0.3) is 22.3 Å². The number of aromatic nitrogens is 1. The number of aliphatic hydroxyl groups excluding tert-OH is 1. The number of benzene rings is 4. The number of hydrogen-bond acceptors (Lipinski definition) is 8. The smallest absolute Gasteiger partial charge is 0.311 e. The average molecular weight is 746 g/mol. The van der Waals surface area contributed by atoms with E-state index in [4.69, 9.17) is 25.8 Å². The molecule has 6 rings (SSSR count). The van der Waals surface area contributed by atoms with Crippen molar-refractivity contribution in [3.05, 3.63) is 129 Å². The summed E-state index contributed by atoms with van der Waals surface area (Å²) in [5.41, 5.74) is 9.35. The van der Waals surface area contributed by atoms with E-state index in [0.29, 0.717) is 39.8 Å². The molecular weight excluding hydrogens is 702 g/mol. The lowest BCUT2D eigenvalue weighted by atomic mass is 9.85. The Morgan fingerprint density at radius 2 is 1.69 bits per heavy atom. The molecule has 4 aromatic carbocycles. The van der Waals surface area contributed by atoms with Crippen molar-refractivity contribution in [1.82, 2.24) is 9.88 Å². The molecule has 0 radical (unpaired) electrons. The number of halogens is 1. The number of nitrogens with zero attached hydrogens (tertiary/aromatic N) is 3. The number of ether oxygens (including phenoxy) is 3. The zero-order valence-electron chi connectivity index (χ0n) is 31.1. The minimum Gasteiger partial charge on any atom is -0.491 e. The summed E-state index contributed by atoms with van der Waals surface area (Å²) < 4.78 is 18.7. The first-order valence-corrected chi connectivity index (χ1v) is 18.2. The molecule has 1 aliphatic rings. The SMILES string of the molecule is Cc1c(COc2cc(OCc3cncc(C#N)c3)c(CC[C@@](C)(CO)C(=O)O)cc2Cl)cccc1-c1cccc(-c2ccc3c(c2)OCC3N(C)C)c1C. The van der Waals surface area contributed by atoms with E-state index in [1.807, 2.05) is 12.1 Å². The van der Waals surface area contributed by atoms with Gasteiger partial charge < -0.3 is 24.4 Å². The normalized spacial score (nSPS) is 14.5. The molecule has 0 aliphatic carbocycles. The van der Waals surface area contributed by atoms with Crippen molar-refractivity contribution in [1.29, 1.82) is 5.26 Å². The Labute approximate surface area is 321 Å². The second kappa shape index (κ2) is 16.3. The van der Waals surface area contributed by atoms with E-state index in [2.05, 4.69) is 86.4 Å². The van der Waals surface area contributed by atoms with Crippen molar-refractivity contribution >= 4 is 17.6 Å². The highest BCUT2D eigenvalue weighted by Crippen LogP contribution is 2.41. The third-order valence-corrected chi connectivity index (χ3v) is 10.7. The maximum absolute atomic E-state index is 11.9. The summed E-state index contributed by atoms with van der Waals surface area (Å²) in [6.45, 7) is 6.23. The fourth-order valence-electron chi connectivity index (χ4n) is 6.78. The quantitative estimate of drug-likeness (QED) is 0.115. The van der Waals surface area contributed by atoms with Gasteiger partial charge in [0.1, 0.15) is 43.1 Å². The molecule has 0 saturated carbocycles. The average Bonchev–Trinajstić information content (AvgIpc) is 3.60. The lowest BCUT2D eigenvalue weighted by Crippen LogP contribution is -2.32. The summed E-state index contributed by atoms with van der Waals surface area (Å²) in [7, 11) is 4.14. The van der Waals surface area contributed by atoms with Gasteiger partial charge in [0.15, 0.2) is 0 Å². The summed E-state index contributed by atoms with van der Waals surface area (Å²) in [6, 6.07) is 26.5. The van der Waals surface area contributed by atoms with E-state index in [0.717, 1.165) is 44.7 Å². The van der Waals surface area contributed by atoms with Gasteiger partial charge in [-0.05, 0) is 110 Å². The fraction of sp³-hybridized carbons (Fsp3) is 0.295. The topological polar surface area (TPSA) is 125 Å². The Morgan fingerprint density at radius 1 is 0.963 bits per heavy atom. The predicted molar refractivity (Wildman–Crippen MR) is 209 cm³/mol. The van der Waals surface area contributed by atoms with E-state index in [1.165, 1.54) is 18.7 Å². The van der Waals surface area contributed by atoms with Crippen LogP contribution in [0.4, 0.5) is 0 Å². The Bertz CT molecular complexity index is 2230. The maximum atomic E-state index is 11.9. The predicted octanol–water partition coefficient (Wildman–Crippen LogP) is 8.73. The fourth-order valence-corrected chi connectivity index (χ4v) is 7.03. The molecule has 0 bridgehead atoms. The zero-order chi connectivity index (χ0) is 38.6. The molecular formula is C44H44ClN3O6. The number of nitriles is 1. The first-order valence-electron chi connectivity index (χ1n) is 17.8. The van der Waals surface area contributed by atoms with E-state index in [9.17, 15) is 20.3 Å². The Kier molecular flexibility index (Phi) is 11.6. The van der Waals surface area contributed by atoms with E-state index in [1.54, 1.807) is 24.4 Å². The van der Waals surface area contributed by atoms with Crippen molar-refractivity contribution in [2.75, 3.05) is 27.3 Å². The van der Waals surface area contributed by atoms with Crippen molar-refractivity contribution in [3.8, 4) is 45.6 Å². The lowest BCUT2D eigenvalue weighted by molar-refractivity contribution is -0.150. The summed E-state index contributed by atoms with van der Waals surface area (Å²) in [4.78, 5) is 18.2. The number of carboxylic acids is 1. The van der Waals surface area contributed by atoms with Crippen molar-refractivity contribution in [2.45, 2.75) is 52.9 Å². The first-order chi connectivity index (χ1) is 25.9. The summed E-state index contributed by atoms with van der Waals surface area (Å²) in [6.07, 6.45) is 3.53. The first kappa shape index (κ1) is 38.3. The Hall–Kier alpha value is -5.40. The molecule has 1 aliphatic heterocycles. The van der Waals surface area contributed by atoms with Gasteiger partial charge in [-0.3, -0.25) is 14.7 Å². The van der Waals surface area contributed by atoms with E-state index < -0.39 is 18.0 Å². The molecule has 0 saturated heterocycles. The van der Waals surface area contributed by atoms with E-state index in [-0.39, 0.29) is 32.1 Å². The highest BCUT2D eigenvalue weighted by Gasteiger charge is 2.32. The molecule has 278 valence electrons. The summed E-state index contributed by atoms with van der Waals surface area (Å²) >= 11 is 6.79. The van der Waals surface area contributed by atoms with E-state index >= 15 is 0 Å².